The number of hydrogen-bond donors (Lipinski definition) is 2. The molecule has 10 heteroatoms. The maximum Gasteiger partial charge on any atom is 0.417 e. The van der Waals surface area contributed by atoms with Gasteiger partial charge in [0.25, 0.3) is 5.91 Å². The first kappa shape index (κ1) is 21.4. The number of anilines is 1. The number of nitrogens with zero attached hydrogens (tertiary/aromatic N) is 4. The smallest absolute Gasteiger partial charge is 0.319 e. The van der Waals surface area contributed by atoms with Gasteiger partial charge in [0.2, 0.25) is 0 Å². The summed E-state index contributed by atoms with van der Waals surface area (Å²) in [5.41, 5.74) is 2.42. The van der Waals surface area contributed by atoms with Gasteiger partial charge >= 0.3 is 6.18 Å². The van der Waals surface area contributed by atoms with E-state index in [1.807, 2.05) is 31.1 Å². The van der Waals surface area contributed by atoms with Gasteiger partial charge in [-0.15, -0.1) is 0 Å². The Morgan fingerprint density at radius 1 is 1.03 bits per heavy atom. The molecule has 1 aromatic carbocycles. The minimum absolute atomic E-state index is 0.0664. The summed E-state index contributed by atoms with van der Waals surface area (Å²) in [5, 5.41) is 9.81. The van der Waals surface area contributed by atoms with E-state index in [0.29, 0.717) is 17.1 Å². The molecule has 0 spiro atoms. The van der Waals surface area contributed by atoms with Crippen molar-refractivity contribution in [3.8, 4) is 11.1 Å². The molecule has 0 unspecified atom stereocenters. The first-order valence-corrected chi connectivity index (χ1v) is 9.61. The average molecular weight is 440 g/mol. The Kier molecular flexibility index (Phi) is 5.62. The number of pyridine rings is 2. The largest absolute Gasteiger partial charge is 0.417 e. The second-order valence-corrected chi connectivity index (χ2v) is 7.57. The third-order valence-electron chi connectivity index (χ3n) is 4.73. The van der Waals surface area contributed by atoms with Crippen molar-refractivity contribution in [3.05, 3.63) is 71.9 Å². The minimum atomic E-state index is -4.56. The van der Waals surface area contributed by atoms with Crippen molar-refractivity contribution in [2.75, 3.05) is 19.4 Å². The van der Waals surface area contributed by atoms with Crippen LogP contribution in [-0.2, 0) is 12.7 Å². The van der Waals surface area contributed by atoms with Gasteiger partial charge in [-0.2, -0.15) is 18.3 Å². The summed E-state index contributed by atoms with van der Waals surface area (Å²) >= 11 is 0. The van der Waals surface area contributed by atoms with Crippen LogP contribution in [0, 0.1) is 0 Å². The second-order valence-electron chi connectivity index (χ2n) is 7.57. The Morgan fingerprint density at radius 3 is 2.56 bits per heavy atom. The van der Waals surface area contributed by atoms with Gasteiger partial charge < -0.3 is 10.2 Å². The number of H-pyrrole nitrogens is 1. The molecule has 1 amide bonds. The Balaban J connectivity index is 1.64. The fourth-order valence-electron chi connectivity index (χ4n) is 3.32. The molecule has 0 atom stereocenters. The van der Waals surface area contributed by atoms with Crippen LogP contribution in [0.5, 0.6) is 0 Å². The van der Waals surface area contributed by atoms with Crippen LogP contribution in [-0.4, -0.2) is 45.1 Å². The number of hydrogen-bond acceptors (Lipinski definition) is 5. The summed E-state index contributed by atoms with van der Waals surface area (Å²) in [6.07, 6.45) is 0.812. The van der Waals surface area contributed by atoms with Crippen molar-refractivity contribution in [1.82, 2.24) is 25.1 Å². The Labute approximate surface area is 181 Å². The van der Waals surface area contributed by atoms with E-state index < -0.39 is 17.6 Å². The topological polar surface area (TPSA) is 86.8 Å². The zero-order valence-corrected chi connectivity index (χ0v) is 17.2. The Hall–Kier alpha value is -3.79. The number of benzene rings is 1. The van der Waals surface area contributed by atoms with E-state index in [-0.39, 0.29) is 11.4 Å². The number of carbonyl (C=O) groups excluding carboxylic acids is 1. The number of aromatic nitrogens is 4. The van der Waals surface area contributed by atoms with Crippen molar-refractivity contribution in [2.24, 2.45) is 0 Å². The number of rotatable bonds is 5. The van der Waals surface area contributed by atoms with Crippen LogP contribution >= 0.6 is 0 Å². The van der Waals surface area contributed by atoms with Crippen LogP contribution in [0.15, 0.2) is 55.1 Å². The fourth-order valence-corrected chi connectivity index (χ4v) is 3.32. The molecule has 7 nitrogen and oxygen atoms in total. The van der Waals surface area contributed by atoms with Crippen molar-refractivity contribution < 1.29 is 18.0 Å². The first-order valence-electron chi connectivity index (χ1n) is 9.61. The molecule has 0 aliphatic rings. The summed E-state index contributed by atoms with van der Waals surface area (Å²) in [5.74, 6) is -0.644. The molecule has 4 aromatic rings. The van der Waals surface area contributed by atoms with Gasteiger partial charge in [0.05, 0.1) is 23.0 Å². The molecule has 0 aliphatic carbocycles. The highest BCUT2D eigenvalue weighted by Crippen LogP contribution is 2.30. The Morgan fingerprint density at radius 2 is 1.81 bits per heavy atom. The predicted octanol–water partition coefficient (Wildman–Crippen LogP) is 4.35. The number of aromatic amines is 1. The van der Waals surface area contributed by atoms with Crippen LogP contribution < -0.4 is 5.32 Å². The number of carbonyl (C=O) groups is 1. The van der Waals surface area contributed by atoms with Crippen molar-refractivity contribution in [2.45, 2.75) is 12.7 Å². The zero-order valence-electron chi connectivity index (χ0n) is 17.2. The normalized spacial score (nSPS) is 11.8. The molecule has 0 saturated carbocycles. The number of halogens is 3. The number of fused-ring (bicyclic) bond motifs is 1. The maximum absolute atomic E-state index is 12.9. The lowest BCUT2D eigenvalue weighted by molar-refractivity contribution is -0.137. The monoisotopic (exact) mass is 440 g/mol. The summed E-state index contributed by atoms with van der Waals surface area (Å²) < 4.78 is 38.7. The van der Waals surface area contributed by atoms with Gasteiger partial charge in [-0.1, -0.05) is 6.07 Å². The molecule has 3 heterocycles. The van der Waals surface area contributed by atoms with Gasteiger partial charge in [-0.3, -0.25) is 19.9 Å². The van der Waals surface area contributed by atoms with E-state index in [2.05, 4.69) is 25.5 Å². The van der Waals surface area contributed by atoms with E-state index >= 15 is 0 Å². The molecule has 0 radical (unpaired) electrons. The van der Waals surface area contributed by atoms with Gasteiger partial charge in [0.1, 0.15) is 0 Å². The molecule has 0 bridgehead atoms. The third-order valence-corrected chi connectivity index (χ3v) is 4.73. The lowest BCUT2D eigenvalue weighted by Crippen LogP contribution is -2.14. The van der Waals surface area contributed by atoms with Crippen LogP contribution in [0.1, 0.15) is 21.6 Å². The highest BCUT2D eigenvalue weighted by atomic mass is 19.4. The van der Waals surface area contributed by atoms with E-state index in [1.54, 1.807) is 24.5 Å². The highest BCUT2D eigenvalue weighted by Gasteiger charge is 2.31. The van der Waals surface area contributed by atoms with Crippen LogP contribution in [0.2, 0.25) is 0 Å². The number of alkyl halides is 3. The maximum atomic E-state index is 12.9. The average Bonchev–Trinajstić information content (AvgIpc) is 3.16. The van der Waals surface area contributed by atoms with E-state index in [4.69, 9.17) is 0 Å². The van der Waals surface area contributed by atoms with Crippen LogP contribution in [0.25, 0.3) is 22.0 Å². The lowest BCUT2D eigenvalue weighted by Gasteiger charge is -2.10. The van der Waals surface area contributed by atoms with Gasteiger partial charge in [-0.25, -0.2) is 0 Å². The molecule has 0 fully saturated rings. The fraction of sp³-hybridized carbons (Fsp3) is 0.182. The molecule has 0 saturated heterocycles. The number of nitrogens with one attached hydrogen (secondary N) is 2. The van der Waals surface area contributed by atoms with E-state index in [1.165, 1.54) is 0 Å². The Bertz CT molecular complexity index is 1280. The van der Waals surface area contributed by atoms with Gasteiger partial charge in [0, 0.05) is 36.1 Å². The summed E-state index contributed by atoms with van der Waals surface area (Å²) in [6.45, 7) is 0.730. The molecule has 2 N–H and O–H groups in total. The van der Waals surface area contributed by atoms with E-state index in [0.717, 1.165) is 35.5 Å². The molecular weight excluding hydrogens is 421 g/mol. The highest BCUT2D eigenvalue weighted by molar-refractivity contribution is 6.11. The van der Waals surface area contributed by atoms with Gasteiger partial charge in [-0.05, 0) is 49.5 Å². The van der Waals surface area contributed by atoms with Crippen molar-refractivity contribution in [3.63, 3.8) is 0 Å². The third kappa shape index (κ3) is 4.59. The molecule has 4 rings (SSSR count). The molecular formula is C22H19F3N6O. The van der Waals surface area contributed by atoms with E-state index in [9.17, 15) is 18.0 Å². The minimum Gasteiger partial charge on any atom is -0.319 e. The zero-order chi connectivity index (χ0) is 22.9. The predicted molar refractivity (Wildman–Crippen MR) is 114 cm³/mol. The molecule has 164 valence electrons. The summed E-state index contributed by atoms with van der Waals surface area (Å²) in [4.78, 5) is 22.6. The summed E-state index contributed by atoms with van der Waals surface area (Å²) in [7, 11) is 3.93. The molecule has 3 aromatic heterocycles. The second kappa shape index (κ2) is 8.39. The number of amides is 1. The van der Waals surface area contributed by atoms with Crippen LogP contribution in [0.3, 0.4) is 0 Å². The van der Waals surface area contributed by atoms with Gasteiger partial charge in [0.15, 0.2) is 5.69 Å². The van der Waals surface area contributed by atoms with Crippen molar-refractivity contribution in [1.29, 1.82) is 0 Å². The molecule has 0 aliphatic heterocycles. The summed E-state index contributed by atoms with van der Waals surface area (Å²) in [6, 6.07) is 8.32. The van der Waals surface area contributed by atoms with Crippen molar-refractivity contribution >= 4 is 22.5 Å². The lowest BCUT2D eigenvalue weighted by atomic mass is 10.0. The first-order chi connectivity index (χ1) is 15.2. The molecule has 32 heavy (non-hydrogen) atoms. The standard InChI is InChI=1S/C22H19F3N6O/c1-31(2)12-13-5-15(9-26-8-13)14-3-4-19-18(6-14)20(30-29-19)21(32)28-17-7-16(10-27-11-17)22(23,24)25/h3-11H,12H2,1-2H3,(H,28,32)(H,29,30). The van der Waals surface area contributed by atoms with Crippen LogP contribution in [0.4, 0.5) is 18.9 Å². The SMILES string of the molecule is CN(C)Cc1cncc(-c2ccc3[nH]nc(C(=O)Nc4cncc(C(F)(F)F)c4)c3c2)c1. The quantitative estimate of drug-likeness (QED) is 0.482.